The van der Waals surface area contributed by atoms with Crippen molar-refractivity contribution in [2.24, 2.45) is 0 Å². The number of unbranched alkanes of at least 4 members (excludes halogenated alkanes) is 1. The van der Waals surface area contributed by atoms with Gasteiger partial charge in [0.1, 0.15) is 12.2 Å². The number of esters is 1. The number of nitrogens with zero attached hydrogens (tertiary/aromatic N) is 1. The molecule has 4 N–H and O–H groups in total. The summed E-state index contributed by atoms with van der Waals surface area (Å²) in [5.41, 5.74) is 0. The summed E-state index contributed by atoms with van der Waals surface area (Å²) >= 11 is 0. The third kappa shape index (κ3) is 14.5. The van der Waals surface area contributed by atoms with Crippen molar-refractivity contribution in [3.63, 3.8) is 0 Å². The molecule has 1 rings (SSSR count). The van der Waals surface area contributed by atoms with Gasteiger partial charge in [0, 0.05) is 19.5 Å². The van der Waals surface area contributed by atoms with E-state index in [1.807, 2.05) is 0 Å². The van der Waals surface area contributed by atoms with E-state index >= 15 is 0 Å². The number of hydrogen-bond donors (Lipinski definition) is 4. The Hall–Kier alpha value is -2.03. The van der Waals surface area contributed by atoms with Crippen LogP contribution in [0.1, 0.15) is 64.7 Å². The maximum absolute atomic E-state index is 11.9. The van der Waals surface area contributed by atoms with Crippen molar-refractivity contribution in [2.45, 2.75) is 89.1 Å². The van der Waals surface area contributed by atoms with Crippen molar-refractivity contribution in [2.75, 3.05) is 26.3 Å². The molecule has 1 fully saturated rings. The molecule has 7 nitrogen and oxygen atoms in total. The van der Waals surface area contributed by atoms with E-state index in [-0.39, 0.29) is 25.7 Å². The molecule has 204 valence electrons. The quantitative estimate of drug-likeness (QED) is 0.128. The molecule has 7 heteroatoms. The maximum atomic E-state index is 11.9. The van der Waals surface area contributed by atoms with E-state index in [1.54, 1.807) is 4.90 Å². The molecule has 0 aliphatic carbocycles. The van der Waals surface area contributed by atoms with Crippen LogP contribution >= 0.6 is 0 Å². The number of carbonyl (C=O) groups excluding carboxylic acids is 1. The van der Waals surface area contributed by atoms with Crippen LogP contribution < -0.4 is 0 Å². The summed E-state index contributed by atoms with van der Waals surface area (Å²) < 4.78 is 5.25. The Kier molecular flexibility index (Phi) is 18.7. The predicted octanol–water partition coefficient (Wildman–Crippen LogP) is 3.60. The summed E-state index contributed by atoms with van der Waals surface area (Å²) in [5.74, 6) is -0.241. The van der Waals surface area contributed by atoms with E-state index in [4.69, 9.17) is 4.74 Å². The number of aliphatic hydroxyl groups excluding tert-OH is 4. The predicted molar refractivity (Wildman–Crippen MR) is 144 cm³/mol. The van der Waals surface area contributed by atoms with E-state index in [0.29, 0.717) is 19.4 Å². The highest BCUT2D eigenvalue weighted by Crippen LogP contribution is 2.19. The Labute approximate surface area is 217 Å². The van der Waals surface area contributed by atoms with E-state index in [2.05, 4.69) is 67.7 Å². The molecule has 2 unspecified atom stereocenters. The van der Waals surface area contributed by atoms with Gasteiger partial charge in [0.2, 0.25) is 0 Å². The van der Waals surface area contributed by atoms with Gasteiger partial charge in [-0.1, -0.05) is 67.7 Å². The average molecular weight is 506 g/mol. The molecule has 1 heterocycles. The number of ether oxygens (including phenoxy) is 1. The van der Waals surface area contributed by atoms with Crippen LogP contribution in [-0.2, 0) is 9.53 Å². The van der Waals surface area contributed by atoms with Gasteiger partial charge >= 0.3 is 5.97 Å². The minimum absolute atomic E-state index is 0.157. The number of piperidine rings is 1. The topological polar surface area (TPSA) is 110 Å². The monoisotopic (exact) mass is 505 g/mol. The molecule has 0 aromatic carbocycles. The molecule has 0 saturated carbocycles. The smallest absolute Gasteiger partial charge is 0.305 e. The van der Waals surface area contributed by atoms with Crippen molar-refractivity contribution in [3.05, 3.63) is 60.8 Å². The number of rotatable bonds is 18. The molecular weight excluding hydrogens is 458 g/mol. The zero-order valence-electron chi connectivity index (χ0n) is 21.8. The maximum Gasteiger partial charge on any atom is 0.305 e. The van der Waals surface area contributed by atoms with Crippen molar-refractivity contribution >= 4 is 5.97 Å². The first-order valence-electron chi connectivity index (χ1n) is 13.3. The fourth-order valence-corrected chi connectivity index (χ4v) is 3.89. The van der Waals surface area contributed by atoms with Gasteiger partial charge in [-0.15, -0.1) is 0 Å². The number of hydrogen-bond acceptors (Lipinski definition) is 7. The Balaban J connectivity index is 2.03. The summed E-state index contributed by atoms with van der Waals surface area (Å²) in [6.07, 6.45) is 25.4. The second kappa shape index (κ2) is 21.1. The van der Waals surface area contributed by atoms with Crippen LogP contribution in [0, 0.1) is 0 Å². The number of allylic oxidation sites excluding steroid dienone is 10. The van der Waals surface area contributed by atoms with E-state index in [0.717, 1.165) is 44.9 Å². The second-order valence-electron chi connectivity index (χ2n) is 8.97. The number of β-amino-alcohol motifs (C(OH)–C–C–N with tert-alkyl or cyclic N) is 1. The van der Waals surface area contributed by atoms with Crippen LogP contribution in [0.2, 0.25) is 0 Å². The minimum atomic E-state index is -1.26. The van der Waals surface area contributed by atoms with Gasteiger partial charge < -0.3 is 25.2 Å². The highest BCUT2D eigenvalue weighted by Gasteiger charge is 2.40. The second-order valence-corrected chi connectivity index (χ2v) is 8.97. The SMILES string of the molecule is CCC=CCC=CCC=CCC=CCC=CCCCC(=O)OCCCN1C[C@@H](O)C(O)[C@H](O)C1CO. The van der Waals surface area contributed by atoms with Gasteiger partial charge in [-0.3, -0.25) is 9.69 Å². The van der Waals surface area contributed by atoms with Crippen LogP contribution in [0.15, 0.2) is 60.8 Å². The summed E-state index contributed by atoms with van der Waals surface area (Å²) in [6.45, 7) is 2.66. The zero-order valence-corrected chi connectivity index (χ0v) is 21.8. The lowest BCUT2D eigenvalue weighted by atomic mass is 9.94. The standard InChI is InChI=1S/C29H47NO6/c1-2-3-4-5-6-7-8-9-10-11-12-13-14-15-16-17-18-20-27(33)36-22-19-21-30-23-26(32)29(35)28(34)25(30)24-31/h3-4,6-7,9-10,12-13,15-16,25-26,28-29,31-32,34-35H,2,5,8,11,14,17-24H2,1H3/t25?,26-,28-,29?/m1/s1. The molecule has 1 aliphatic rings. The largest absolute Gasteiger partial charge is 0.466 e. The van der Waals surface area contributed by atoms with Crippen molar-refractivity contribution in [1.29, 1.82) is 0 Å². The first-order valence-corrected chi connectivity index (χ1v) is 13.3. The van der Waals surface area contributed by atoms with Crippen molar-refractivity contribution in [3.8, 4) is 0 Å². The first kappa shape index (κ1) is 32.0. The highest BCUT2D eigenvalue weighted by atomic mass is 16.5. The fourth-order valence-electron chi connectivity index (χ4n) is 3.89. The molecule has 0 amide bonds. The fraction of sp³-hybridized carbons (Fsp3) is 0.621. The van der Waals surface area contributed by atoms with Crippen molar-refractivity contribution < 1.29 is 30.0 Å². The lowest BCUT2D eigenvalue weighted by molar-refractivity contribution is -0.149. The third-order valence-corrected chi connectivity index (χ3v) is 5.98. The van der Waals surface area contributed by atoms with Gasteiger partial charge in [0.25, 0.3) is 0 Å². The Morgan fingerprint density at radius 2 is 1.39 bits per heavy atom. The molecule has 1 aliphatic heterocycles. The molecule has 0 radical (unpaired) electrons. The summed E-state index contributed by atoms with van der Waals surface area (Å²) in [6, 6.07) is -0.637. The van der Waals surface area contributed by atoms with Crippen molar-refractivity contribution in [1.82, 2.24) is 4.90 Å². The molecule has 0 bridgehead atoms. The van der Waals surface area contributed by atoms with Gasteiger partial charge in [-0.2, -0.15) is 0 Å². The van der Waals surface area contributed by atoms with Gasteiger partial charge in [0.05, 0.1) is 25.4 Å². The summed E-state index contributed by atoms with van der Waals surface area (Å²) in [5, 5.41) is 39.0. The molecule has 1 saturated heterocycles. The van der Waals surface area contributed by atoms with Gasteiger partial charge in [-0.05, 0) is 51.4 Å². The highest BCUT2D eigenvalue weighted by molar-refractivity contribution is 5.69. The van der Waals surface area contributed by atoms with Crippen LogP contribution in [0.5, 0.6) is 0 Å². The lowest BCUT2D eigenvalue weighted by Gasteiger charge is -2.43. The lowest BCUT2D eigenvalue weighted by Crippen LogP contribution is -2.62. The van der Waals surface area contributed by atoms with Crippen LogP contribution in [-0.4, -0.2) is 82.0 Å². The minimum Gasteiger partial charge on any atom is -0.466 e. The molecule has 0 aromatic heterocycles. The normalized spacial score (nSPS) is 23.8. The molecule has 0 aromatic rings. The number of aliphatic hydroxyl groups is 4. The van der Waals surface area contributed by atoms with Crippen LogP contribution in [0.25, 0.3) is 0 Å². The Morgan fingerprint density at radius 1 is 0.833 bits per heavy atom. The summed E-state index contributed by atoms with van der Waals surface area (Å²) in [7, 11) is 0. The van der Waals surface area contributed by atoms with Gasteiger partial charge in [-0.25, -0.2) is 0 Å². The van der Waals surface area contributed by atoms with Crippen LogP contribution in [0.3, 0.4) is 0 Å². The van der Waals surface area contributed by atoms with Gasteiger partial charge in [0.15, 0.2) is 0 Å². The summed E-state index contributed by atoms with van der Waals surface area (Å²) in [4.78, 5) is 13.6. The van der Waals surface area contributed by atoms with Crippen LogP contribution in [0.4, 0.5) is 0 Å². The molecule has 36 heavy (non-hydrogen) atoms. The molecular formula is C29H47NO6. The van der Waals surface area contributed by atoms with E-state index < -0.39 is 24.4 Å². The first-order chi connectivity index (χ1) is 17.5. The van der Waals surface area contributed by atoms with E-state index in [9.17, 15) is 25.2 Å². The number of carbonyl (C=O) groups is 1. The average Bonchev–Trinajstić information content (AvgIpc) is 2.87. The van der Waals surface area contributed by atoms with E-state index in [1.165, 1.54) is 0 Å². The number of likely N-dealkylation sites (tertiary alicyclic amines) is 1. The third-order valence-electron chi connectivity index (χ3n) is 5.98. The Bertz CT molecular complexity index is 715. The zero-order chi connectivity index (χ0) is 26.4. The molecule has 4 atom stereocenters. The molecule has 0 spiro atoms. The Morgan fingerprint density at radius 3 is 1.94 bits per heavy atom.